The van der Waals surface area contributed by atoms with Gasteiger partial charge in [0.25, 0.3) is 0 Å². The lowest BCUT2D eigenvalue weighted by atomic mass is 10.2. The molecule has 3 rings (SSSR count). The first kappa shape index (κ1) is 8.73. The van der Waals surface area contributed by atoms with E-state index >= 15 is 0 Å². The normalized spacial score (nSPS) is 11.3. The Kier molecular flexibility index (Phi) is 1.73. The SMILES string of the molecule is CN(C)c1nc2c(ccc3[nH]ccc32)s1. The largest absolute Gasteiger partial charge is 0.361 e. The average Bonchev–Trinajstić information content (AvgIpc) is 2.82. The van der Waals surface area contributed by atoms with Gasteiger partial charge in [0.05, 0.1) is 10.2 Å². The Morgan fingerprint density at radius 3 is 2.93 bits per heavy atom. The summed E-state index contributed by atoms with van der Waals surface area (Å²) in [5.41, 5.74) is 2.25. The lowest BCUT2D eigenvalue weighted by Crippen LogP contribution is -2.07. The minimum atomic E-state index is 1.05. The van der Waals surface area contributed by atoms with Crippen molar-refractivity contribution in [1.29, 1.82) is 0 Å². The van der Waals surface area contributed by atoms with Gasteiger partial charge in [-0.05, 0) is 18.2 Å². The van der Waals surface area contributed by atoms with E-state index in [1.807, 2.05) is 25.2 Å². The Morgan fingerprint density at radius 1 is 1.27 bits per heavy atom. The number of thiazole rings is 1. The van der Waals surface area contributed by atoms with E-state index in [4.69, 9.17) is 0 Å². The maximum Gasteiger partial charge on any atom is 0.185 e. The zero-order valence-corrected chi connectivity index (χ0v) is 9.43. The first-order valence-corrected chi connectivity index (χ1v) is 5.61. The first-order valence-electron chi connectivity index (χ1n) is 4.79. The zero-order valence-electron chi connectivity index (χ0n) is 8.61. The molecule has 3 aromatic rings. The molecule has 0 aliphatic rings. The molecule has 0 spiro atoms. The van der Waals surface area contributed by atoms with Gasteiger partial charge < -0.3 is 9.88 Å². The standard InChI is InChI=1S/C11H11N3S/c1-14(2)11-13-10-7-5-6-12-8(7)3-4-9(10)15-11/h3-6,12H,1-2H3. The molecule has 0 saturated heterocycles. The molecule has 0 fully saturated rings. The molecule has 0 atom stereocenters. The van der Waals surface area contributed by atoms with Crippen molar-refractivity contribution in [2.75, 3.05) is 19.0 Å². The molecule has 0 amide bonds. The van der Waals surface area contributed by atoms with Crippen molar-refractivity contribution < 1.29 is 0 Å². The van der Waals surface area contributed by atoms with Crippen LogP contribution >= 0.6 is 11.3 Å². The molecular formula is C11H11N3S. The summed E-state index contributed by atoms with van der Waals surface area (Å²) in [5.74, 6) is 0. The van der Waals surface area contributed by atoms with Crippen LogP contribution in [-0.4, -0.2) is 24.1 Å². The van der Waals surface area contributed by atoms with Crippen LogP contribution in [0.5, 0.6) is 0 Å². The second-order valence-corrected chi connectivity index (χ2v) is 4.75. The van der Waals surface area contributed by atoms with Gasteiger partial charge in [-0.25, -0.2) is 4.98 Å². The molecule has 4 heteroatoms. The third-order valence-electron chi connectivity index (χ3n) is 2.46. The molecule has 0 unspecified atom stereocenters. The minimum Gasteiger partial charge on any atom is -0.361 e. The number of fused-ring (bicyclic) bond motifs is 3. The molecule has 0 aliphatic heterocycles. The molecule has 0 radical (unpaired) electrons. The molecular weight excluding hydrogens is 206 g/mol. The fourth-order valence-electron chi connectivity index (χ4n) is 1.70. The molecule has 2 heterocycles. The van der Waals surface area contributed by atoms with Gasteiger partial charge in [-0.2, -0.15) is 0 Å². The molecule has 15 heavy (non-hydrogen) atoms. The van der Waals surface area contributed by atoms with Crippen molar-refractivity contribution in [3.05, 3.63) is 24.4 Å². The van der Waals surface area contributed by atoms with E-state index in [-0.39, 0.29) is 0 Å². The fraction of sp³-hybridized carbons (Fsp3) is 0.182. The summed E-state index contributed by atoms with van der Waals surface area (Å²) in [7, 11) is 4.04. The predicted octanol–water partition coefficient (Wildman–Crippen LogP) is 2.84. The Bertz CT molecular complexity index is 621. The van der Waals surface area contributed by atoms with Crippen molar-refractivity contribution in [3.8, 4) is 0 Å². The lowest BCUT2D eigenvalue weighted by molar-refractivity contribution is 1.11. The number of hydrogen-bond donors (Lipinski definition) is 1. The zero-order chi connectivity index (χ0) is 10.4. The fourth-order valence-corrected chi connectivity index (χ4v) is 2.61. The summed E-state index contributed by atoms with van der Waals surface area (Å²) in [5, 5.41) is 2.26. The quantitative estimate of drug-likeness (QED) is 0.679. The number of aromatic nitrogens is 2. The number of nitrogens with one attached hydrogen (secondary N) is 1. The van der Waals surface area contributed by atoms with Gasteiger partial charge in [0, 0.05) is 31.2 Å². The first-order chi connectivity index (χ1) is 7.25. The Balaban J connectivity index is 2.41. The molecule has 1 N–H and O–H groups in total. The van der Waals surface area contributed by atoms with Crippen LogP contribution in [0.2, 0.25) is 0 Å². The number of aromatic amines is 1. The van der Waals surface area contributed by atoms with E-state index < -0.39 is 0 Å². The van der Waals surface area contributed by atoms with E-state index in [1.165, 1.54) is 10.1 Å². The van der Waals surface area contributed by atoms with Gasteiger partial charge in [-0.1, -0.05) is 11.3 Å². The predicted molar refractivity (Wildman–Crippen MR) is 65.8 cm³/mol. The van der Waals surface area contributed by atoms with Crippen molar-refractivity contribution in [1.82, 2.24) is 9.97 Å². The van der Waals surface area contributed by atoms with Crippen molar-refractivity contribution in [3.63, 3.8) is 0 Å². The summed E-state index contributed by atoms with van der Waals surface area (Å²) < 4.78 is 1.24. The van der Waals surface area contributed by atoms with Crippen molar-refractivity contribution in [2.45, 2.75) is 0 Å². The van der Waals surface area contributed by atoms with Crippen LogP contribution in [0, 0.1) is 0 Å². The van der Waals surface area contributed by atoms with Crippen LogP contribution in [0.25, 0.3) is 21.1 Å². The summed E-state index contributed by atoms with van der Waals surface area (Å²) in [4.78, 5) is 9.88. The lowest BCUT2D eigenvalue weighted by Gasteiger charge is -2.04. The molecule has 1 aromatic carbocycles. The third kappa shape index (κ3) is 1.22. The molecule has 0 aliphatic carbocycles. The minimum absolute atomic E-state index is 1.05. The average molecular weight is 217 g/mol. The second-order valence-electron chi connectivity index (χ2n) is 3.74. The number of rotatable bonds is 1. The number of nitrogens with zero attached hydrogens (tertiary/aromatic N) is 2. The van der Waals surface area contributed by atoms with Crippen molar-refractivity contribution in [2.24, 2.45) is 0 Å². The summed E-state index contributed by atoms with van der Waals surface area (Å²) in [6, 6.07) is 6.31. The Morgan fingerprint density at radius 2 is 2.13 bits per heavy atom. The van der Waals surface area contributed by atoms with E-state index in [0.29, 0.717) is 0 Å². The second kappa shape index (κ2) is 2.97. The highest BCUT2D eigenvalue weighted by Crippen LogP contribution is 2.32. The van der Waals surface area contributed by atoms with Crippen LogP contribution in [0.15, 0.2) is 24.4 Å². The van der Waals surface area contributed by atoms with Crippen LogP contribution < -0.4 is 4.90 Å². The molecule has 76 valence electrons. The number of H-pyrrole nitrogens is 1. The number of benzene rings is 1. The smallest absolute Gasteiger partial charge is 0.185 e. The van der Waals surface area contributed by atoms with Gasteiger partial charge in [0.1, 0.15) is 0 Å². The maximum absolute atomic E-state index is 4.64. The van der Waals surface area contributed by atoms with E-state index in [1.54, 1.807) is 11.3 Å². The topological polar surface area (TPSA) is 31.9 Å². The van der Waals surface area contributed by atoms with Gasteiger partial charge in [-0.15, -0.1) is 0 Å². The summed E-state index contributed by atoms with van der Waals surface area (Å²) >= 11 is 1.72. The van der Waals surface area contributed by atoms with Gasteiger partial charge >= 0.3 is 0 Å². The highest BCUT2D eigenvalue weighted by Gasteiger charge is 2.08. The van der Waals surface area contributed by atoms with Crippen LogP contribution in [0.4, 0.5) is 5.13 Å². The van der Waals surface area contributed by atoms with Gasteiger partial charge in [-0.3, -0.25) is 0 Å². The van der Waals surface area contributed by atoms with Crippen molar-refractivity contribution >= 4 is 37.6 Å². The van der Waals surface area contributed by atoms with Gasteiger partial charge in [0.2, 0.25) is 0 Å². The van der Waals surface area contributed by atoms with Gasteiger partial charge in [0.15, 0.2) is 5.13 Å². The molecule has 2 aromatic heterocycles. The summed E-state index contributed by atoms with van der Waals surface area (Å²) in [6.07, 6.45) is 1.96. The molecule has 3 nitrogen and oxygen atoms in total. The number of hydrogen-bond acceptors (Lipinski definition) is 3. The van der Waals surface area contributed by atoms with E-state index in [0.717, 1.165) is 16.2 Å². The maximum atomic E-state index is 4.64. The highest BCUT2D eigenvalue weighted by atomic mass is 32.1. The third-order valence-corrected chi connectivity index (χ3v) is 3.65. The van der Waals surface area contributed by atoms with Crippen LogP contribution in [0.1, 0.15) is 0 Å². The van der Waals surface area contributed by atoms with Crippen LogP contribution in [0.3, 0.4) is 0 Å². The highest BCUT2D eigenvalue weighted by molar-refractivity contribution is 7.22. The Labute approximate surface area is 91.4 Å². The van der Waals surface area contributed by atoms with Crippen LogP contribution in [-0.2, 0) is 0 Å². The molecule has 0 saturated carbocycles. The van der Waals surface area contributed by atoms with E-state index in [9.17, 15) is 0 Å². The summed E-state index contributed by atoms with van der Waals surface area (Å²) in [6.45, 7) is 0. The monoisotopic (exact) mass is 217 g/mol. The molecule has 0 bridgehead atoms. The Hall–Kier alpha value is -1.55. The number of anilines is 1. The van der Waals surface area contributed by atoms with E-state index in [2.05, 4.69) is 28.2 Å².